The largest absolute Gasteiger partial charge is 0.481 e. The fraction of sp³-hybridized carbons (Fsp3) is 0.389. The Hall–Kier alpha value is -2.47. The number of hydrogen-bond donors (Lipinski definition) is 1. The van der Waals surface area contributed by atoms with Crippen molar-refractivity contribution in [3.63, 3.8) is 0 Å². The number of carbonyl (C=O) groups excluding carboxylic acids is 1. The Morgan fingerprint density at radius 3 is 2.88 bits per heavy atom. The molecule has 0 saturated carbocycles. The summed E-state index contributed by atoms with van der Waals surface area (Å²) in [4.78, 5) is 30.2. The zero-order valence-electron chi connectivity index (χ0n) is 13.6. The van der Waals surface area contributed by atoms with Gasteiger partial charge in [-0.05, 0) is 18.1 Å². The predicted molar refractivity (Wildman–Crippen MR) is 88.6 cm³/mol. The summed E-state index contributed by atoms with van der Waals surface area (Å²) < 4.78 is 5.07. The van der Waals surface area contributed by atoms with Crippen molar-refractivity contribution in [2.24, 2.45) is 5.41 Å². The van der Waals surface area contributed by atoms with E-state index in [0.29, 0.717) is 13.0 Å². The van der Waals surface area contributed by atoms with Gasteiger partial charge in [-0.15, -0.1) is 0 Å². The number of aromatic nitrogens is 1. The van der Waals surface area contributed by atoms with Crippen molar-refractivity contribution in [2.45, 2.75) is 12.8 Å². The van der Waals surface area contributed by atoms with Crippen molar-refractivity contribution < 1.29 is 19.4 Å². The quantitative estimate of drug-likeness (QED) is 0.904. The van der Waals surface area contributed by atoms with Crippen LogP contribution in [0.15, 0.2) is 36.5 Å². The third-order valence-corrected chi connectivity index (χ3v) is 4.64. The van der Waals surface area contributed by atoms with Gasteiger partial charge in [0.05, 0.1) is 18.5 Å². The molecule has 126 valence electrons. The Morgan fingerprint density at radius 1 is 1.33 bits per heavy atom. The van der Waals surface area contributed by atoms with E-state index in [2.05, 4.69) is 4.98 Å². The average molecular weight is 328 g/mol. The number of amides is 1. The van der Waals surface area contributed by atoms with Crippen LogP contribution in [0.25, 0.3) is 10.9 Å². The number of ether oxygens (including phenoxy) is 1. The van der Waals surface area contributed by atoms with Gasteiger partial charge in [0, 0.05) is 31.8 Å². The van der Waals surface area contributed by atoms with Gasteiger partial charge in [-0.25, -0.2) is 0 Å². The highest BCUT2D eigenvalue weighted by Gasteiger charge is 2.46. The van der Waals surface area contributed by atoms with Gasteiger partial charge in [-0.1, -0.05) is 24.3 Å². The highest BCUT2D eigenvalue weighted by Crippen LogP contribution is 2.32. The van der Waals surface area contributed by atoms with E-state index in [1.807, 2.05) is 30.3 Å². The highest BCUT2D eigenvalue weighted by atomic mass is 16.5. The highest BCUT2D eigenvalue weighted by molar-refractivity contribution is 5.88. The first-order chi connectivity index (χ1) is 11.6. The Balaban J connectivity index is 1.77. The second-order valence-electron chi connectivity index (χ2n) is 6.25. The minimum atomic E-state index is -0.999. The smallest absolute Gasteiger partial charge is 0.313 e. The summed E-state index contributed by atoms with van der Waals surface area (Å²) in [7, 11) is 1.48. The average Bonchev–Trinajstić information content (AvgIpc) is 3.01. The van der Waals surface area contributed by atoms with E-state index in [1.54, 1.807) is 11.1 Å². The molecule has 24 heavy (non-hydrogen) atoms. The van der Waals surface area contributed by atoms with Crippen molar-refractivity contribution in [1.82, 2.24) is 9.88 Å². The molecule has 0 radical (unpaired) electrons. The second kappa shape index (κ2) is 6.57. The normalized spacial score (nSPS) is 20.5. The maximum atomic E-state index is 12.6. The molecular formula is C18H20N2O4. The summed E-state index contributed by atoms with van der Waals surface area (Å²) in [6.07, 6.45) is 2.34. The summed E-state index contributed by atoms with van der Waals surface area (Å²) >= 11 is 0. The van der Waals surface area contributed by atoms with Crippen molar-refractivity contribution in [2.75, 3.05) is 26.8 Å². The van der Waals surface area contributed by atoms with Crippen LogP contribution in [0, 0.1) is 5.41 Å². The van der Waals surface area contributed by atoms with E-state index >= 15 is 0 Å². The first-order valence-electron chi connectivity index (χ1n) is 7.88. The number of carboxylic acids is 1. The van der Waals surface area contributed by atoms with Gasteiger partial charge in [0.25, 0.3) is 0 Å². The van der Waals surface area contributed by atoms with Crippen LogP contribution in [-0.2, 0) is 20.7 Å². The summed E-state index contributed by atoms with van der Waals surface area (Å²) in [5.41, 5.74) is 0.674. The van der Waals surface area contributed by atoms with E-state index in [9.17, 15) is 14.7 Å². The lowest BCUT2D eigenvalue weighted by molar-refractivity contribution is -0.151. The number of fused-ring (bicyclic) bond motifs is 1. The monoisotopic (exact) mass is 328 g/mol. The Bertz CT molecular complexity index is 771. The molecule has 1 fully saturated rings. The molecule has 6 heteroatoms. The first-order valence-corrected chi connectivity index (χ1v) is 7.88. The van der Waals surface area contributed by atoms with E-state index in [4.69, 9.17) is 4.74 Å². The topological polar surface area (TPSA) is 79.7 Å². The lowest BCUT2D eigenvalue weighted by Crippen LogP contribution is -2.40. The molecule has 0 spiro atoms. The minimum Gasteiger partial charge on any atom is -0.481 e. The summed E-state index contributed by atoms with van der Waals surface area (Å²) in [6, 6.07) is 9.58. The first kappa shape index (κ1) is 16.4. The van der Waals surface area contributed by atoms with Gasteiger partial charge >= 0.3 is 5.97 Å². The second-order valence-corrected chi connectivity index (χ2v) is 6.25. The standard InChI is InChI=1S/C18H20N2O4/c1-24-12-18(17(22)23)7-9-20(11-18)15(21)10-14-5-2-4-13-6-3-8-19-16(13)14/h2-6,8H,7,9-12H2,1H3,(H,22,23). The number of carboxylic acid groups (broad SMARTS) is 1. The molecule has 1 saturated heterocycles. The minimum absolute atomic E-state index is 0.0765. The molecule has 2 aromatic rings. The number of para-hydroxylation sites is 1. The van der Waals surface area contributed by atoms with Crippen molar-refractivity contribution in [1.29, 1.82) is 0 Å². The molecule has 0 bridgehead atoms. The third-order valence-electron chi connectivity index (χ3n) is 4.64. The van der Waals surface area contributed by atoms with Crippen LogP contribution in [0.5, 0.6) is 0 Å². The zero-order chi connectivity index (χ0) is 17.2. The SMILES string of the molecule is COCC1(C(=O)O)CCN(C(=O)Cc2cccc3cccnc23)C1. The zero-order valence-corrected chi connectivity index (χ0v) is 13.6. The molecule has 3 rings (SSSR count). The van der Waals surface area contributed by atoms with Crippen molar-refractivity contribution in [3.05, 3.63) is 42.1 Å². The van der Waals surface area contributed by atoms with E-state index < -0.39 is 11.4 Å². The van der Waals surface area contributed by atoms with Crippen LogP contribution >= 0.6 is 0 Å². The number of likely N-dealkylation sites (tertiary alicyclic amines) is 1. The lowest BCUT2D eigenvalue weighted by Gasteiger charge is -2.24. The number of pyridine rings is 1. The number of rotatable bonds is 5. The van der Waals surface area contributed by atoms with Crippen LogP contribution in [-0.4, -0.2) is 53.7 Å². The van der Waals surface area contributed by atoms with Crippen LogP contribution < -0.4 is 0 Å². The van der Waals surface area contributed by atoms with E-state index in [1.165, 1.54) is 7.11 Å². The van der Waals surface area contributed by atoms with E-state index in [-0.39, 0.29) is 25.5 Å². The fourth-order valence-corrected chi connectivity index (χ4v) is 3.30. The molecule has 1 aliphatic heterocycles. The Morgan fingerprint density at radius 2 is 2.12 bits per heavy atom. The van der Waals surface area contributed by atoms with Gasteiger partial charge in [0.15, 0.2) is 0 Å². The number of carbonyl (C=O) groups is 2. The molecule has 1 aliphatic rings. The molecule has 1 amide bonds. The molecule has 0 aliphatic carbocycles. The lowest BCUT2D eigenvalue weighted by atomic mass is 9.88. The molecule has 1 unspecified atom stereocenters. The van der Waals surface area contributed by atoms with Gasteiger partial charge < -0.3 is 14.7 Å². The Kier molecular flexibility index (Phi) is 4.49. The number of nitrogens with zero attached hydrogens (tertiary/aromatic N) is 2. The van der Waals surface area contributed by atoms with Crippen LogP contribution in [0.1, 0.15) is 12.0 Å². The molecule has 1 aromatic carbocycles. The van der Waals surface area contributed by atoms with Crippen LogP contribution in [0.3, 0.4) is 0 Å². The molecular weight excluding hydrogens is 308 g/mol. The van der Waals surface area contributed by atoms with Gasteiger partial charge in [-0.2, -0.15) is 0 Å². The Labute approximate surface area is 140 Å². The van der Waals surface area contributed by atoms with Crippen molar-refractivity contribution >= 4 is 22.8 Å². The maximum absolute atomic E-state index is 12.6. The molecule has 2 heterocycles. The number of aliphatic carboxylic acids is 1. The van der Waals surface area contributed by atoms with Gasteiger partial charge in [-0.3, -0.25) is 14.6 Å². The van der Waals surface area contributed by atoms with Gasteiger partial charge in [0.1, 0.15) is 5.41 Å². The fourth-order valence-electron chi connectivity index (χ4n) is 3.30. The molecule has 6 nitrogen and oxygen atoms in total. The van der Waals surface area contributed by atoms with Crippen LogP contribution in [0.2, 0.25) is 0 Å². The predicted octanol–water partition coefficient (Wildman–Crippen LogP) is 1.73. The van der Waals surface area contributed by atoms with Gasteiger partial charge in [0.2, 0.25) is 5.91 Å². The third kappa shape index (κ3) is 2.97. The molecule has 1 atom stereocenters. The number of benzene rings is 1. The summed E-state index contributed by atoms with van der Waals surface area (Å²) in [5.74, 6) is -0.987. The number of hydrogen-bond acceptors (Lipinski definition) is 4. The summed E-state index contributed by atoms with van der Waals surface area (Å²) in [6.45, 7) is 0.738. The van der Waals surface area contributed by atoms with E-state index in [0.717, 1.165) is 16.5 Å². The number of methoxy groups -OCH3 is 1. The molecule has 1 N–H and O–H groups in total. The maximum Gasteiger partial charge on any atom is 0.313 e. The van der Waals surface area contributed by atoms with Crippen molar-refractivity contribution in [3.8, 4) is 0 Å². The molecule has 1 aromatic heterocycles. The summed E-state index contributed by atoms with van der Waals surface area (Å²) in [5, 5.41) is 10.5. The van der Waals surface area contributed by atoms with Crippen LogP contribution in [0.4, 0.5) is 0 Å².